The summed E-state index contributed by atoms with van der Waals surface area (Å²) in [5, 5.41) is 11.3. The summed E-state index contributed by atoms with van der Waals surface area (Å²) >= 11 is 9.97. The molecule has 0 saturated carbocycles. The number of carbonyl (C=O) groups is 1. The SMILES string of the molecule is COc1cc(C2C(C(=O)Nc3ccc(C)cc3C)=C(C)Nc3ncnn32)cc(Br)c1OCc1ccccc1Cl. The predicted molar refractivity (Wildman–Crippen MR) is 156 cm³/mol. The van der Waals surface area contributed by atoms with E-state index in [-0.39, 0.29) is 12.5 Å². The van der Waals surface area contributed by atoms with E-state index in [1.54, 1.807) is 11.8 Å². The summed E-state index contributed by atoms with van der Waals surface area (Å²) in [5.74, 6) is 1.32. The molecule has 0 spiro atoms. The Balaban J connectivity index is 1.52. The predicted octanol–water partition coefficient (Wildman–Crippen LogP) is 6.83. The lowest BCUT2D eigenvalue weighted by Crippen LogP contribution is -2.31. The summed E-state index contributed by atoms with van der Waals surface area (Å²) < 4.78 is 14.2. The van der Waals surface area contributed by atoms with Gasteiger partial charge in [-0.2, -0.15) is 10.1 Å². The molecule has 1 aliphatic heterocycles. The number of allylic oxidation sites excluding steroid dienone is 1. The number of hydrogen-bond donors (Lipinski definition) is 2. The second-order valence-corrected chi connectivity index (χ2v) is 10.5. The van der Waals surface area contributed by atoms with Crippen molar-refractivity contribution in [2.45, 2.75) is 33.4 Å². The lowest BCUT2D eigenvalue weighted by molar-refractivity contribution is -0.113. The fourth-order valence-electron chi connectivity index (χ4n) is 4.64. The molecule has 1 aromatic heterocycles. The molecule has 5 rings (SSSR count). The largest absolute Gasteiger partial charge is 0.493 e. The summed E-state index contributed by atoms with van der Waals surface area (Å²) in [4.78, 5) is 18.1. The third-order valence-electron chi connectivity index (χ3n) is 6.57. The fourth-order valence-corrected chi connectivity index (χ4v) is 5.40. The van der Waals surface area contributed by atoms with Crippen LogP contribution in [0, 0.1) is 13.8 Å². The molecule has 0 fully saturated rings. The molecule has 10 heteroatoms. The van der Waals surface area contributed by atoms with Crippen LogP contribution in [0.25, 0.3) is 0 Å². The van der Waals surface area contributed by atoms with Crippen LogP contribution < -0.4 is 20.1 Å². The minimum absolute atomic E-state index is 0.243. The van der Waals surface area contributed by atoms with Crippen LogP contribution in [0.1, 0.15) is 35.2 Å². The minimum atomic E-state index is -0.572. The molecule has 0 radical (unpaired) electrons. The van der Waals surface area contributed by atoms with E-state index in [1.807, 2.05) is 75.4 Å². The first kappa shape index (κ1) is 26.8. The van der Waals surface area contributed by atoms with Crippen LogP contribution in [-0.4, -0.2) is 27.8 Å². The second-order valence-electron chi connectivity index (χ2n) is 9.28. The molecule has 39 heavy (non-hydrogen) atoms. The molecule has 2 heterocycles. The maximum Gasteiger partial charge on any atom is 0.255 e. The number of ether oxygens (including phenoxy) is 2. The number of rotatable bonds is 7. The van der Waals surface area contributed by atoms with Gasteiger partial charge >= 0.3 is 0 Å². The monoisotopic (exact) mass is 607 g/mol. The highest BCUT2D eigenvalue weighted by molar-refractivity contribution is 9.10. The van der Waals surface area contributed by atoms with Crippen molar-refractivity contribution in [1.82, 2.24) is 14.8 Å². The standard InChI is InChI=1S/C29H27BrClN5O3/c1-16-9-10-23(17(2)11-16)35-28(37)25-18(3)34-29-32-15-33-36(29)26(25)20-12-21(30)27(24(13-20)38-4)39-14-19-7-5-6-8-22(19)31/h5-13,15,26H,14H2,1-4H3,(H,35,37)(H,32,33,34). The first-order chi connectivity index (χ1) is 18.8. The third kappa shape index (κ3) is 5.37. The average molecular weight is 609 g/mol. The number of halogens is 2. The maximum absolute atomic E-state index is 13.8. The van der Waals surface area contributed by atoms with E-state index in [2.05, 4.69) is 36.6 Å². The molecule has 0 aliphatic carbocycles. The summed E-state index contributed by atoms with van der Waals surface area (Å²) in [5.41, 5.74) is 5.65. The lowest BCUT2D eigenvalue weighted by atomic mass is 9.94. The Morgan fingerprint density at radius 3 is 2.69 bits per heavy atom. The van der Waals surface area contributed by atoms with E-state index < -0.39 is 6.04 Å². The molecule has 1 aliphatic rings. The lowest BCUT2D eigenvalue weighted by Gasteiger charge is -2.29. The normalized spacial score (nSPS) is 14.5. The summed E-state index contributed by atoms with van der Waals surface area (Å²) in [6.07, 6.45) is 1.46. The van der Waals surface area contributed by atoms with Crippen molar-refractivity contribution in [1.29, 1.82) is 0 Å². The van der Waals surface area contributed by atoms with Crippen LogP contribution in [0.2, 0.25) is 5.02 Å². The molecule has 4 aromatic rings. The van der Waals surface area contributed by atoms with Gasteiger partial charge in [-0.1, -0.05) is 47.5 Å². The maximum atomic E-state index is 13.8. The van der Waals surface area contributed by atoms with Gasteiger partial charge in [-0.3, -0.25) is 4.79 Å². The number of anilines is 2. The molecule has 1 amide bonds. The number of nitrogens with one attached hydrogen (secondary N) is 2. The van der Waals surface area contributed by atoms with Crippen LogP contribution in [0.3, 0.4) is 0 Å². The van der Waals surface area contributed by atoms with Crippen LogP contribution in [-0.2, 0) is 11.4 Å². The van der Waals surface area contributed by atoms with Gasteiger partial charge < -0.3 is 20.1 Å². The summed E-state index contributed by atoms with van der Waals surface area (Å²) in [6, 6.07) is 16.6. The van der Waals surface area contributed by atoms with Crippen molar-refractivity contribution in [2.24, 2.45) is 0 Å². The zero-order chi connectivity index (χ0) is 27.7. The van der Waals surface area contributed by atoms with E-state index >= 15 is 0 Å². The quantitative estimate of drug-likeness (QED) is 0.239. The van der Waals surface area contributed by atoms with Crippen molar-refractivity contribution in [2.75, 3.05) is 17.7 Å². The van der Waals surface area contributed by atoms with Crippen LogP contribution in [0.5, 0.6) is 11.5 Å². The van der Waals surface area contributed by atoms with Gasteiger partial charge in [-0.05, 0) is 72.1 Å². The molecule has 1 unspecified atom stereocenters. The van der Waals surface area contributed by atoms with Gasteiger partial charge in [0.05, 0.1) is 17.2 Å². The van der Waals surface area contributed by atoms with Crippen molar-refractivity contribution in [3.05, 3.63) is 104 Å². The Labute approximate surface area is 240 Å². The zero-order valence-electron chi connectivity index (χ0n) is 21.9. The highest BCUT2D eigenvalue weighted by atomic mass is 79.9. The number of nitrogens with zero attached hydrogens (tertiary/aromatic N) is 3. The zero-order valence-corrected chi connectivity index (χ0v) is 24.2. The van der Waals surface area contributed by atoms with Crippen molar-refractivity contribution in [3.63, 3.8) is 0 Å². The Morgan fingerprint density at radius 2 is 1.95 bits per heavy atom. The van der Waals surface area contributed by atoms with Crippen molar-refractivity contribution in [3.8, 4) is 11.5 Å². The van der Waals surface area contributed by atoms with Gasteiger partial charge in [0.1, 0.15) is 19.0 Å². The Kier molecular flexibility index (Phi) is 7.63. The van der Waals surface area contributed by atoms with Crippen molar-refractivity contribution >= 4 is 45.1 Å². The average Bonchev–Trinajstić information content (AvgIpc) is 3.37. The molecule has 0 bridgehead atoms. The van der Waals surface area contributed by atoms with Crippen LogP contribution in [0.4, 0.5) is 11.6 Å². The molecule has 200 valence electrons. The first-order valence-electron chi connectivity index (χ1n) is 12.3. The van der Waals surface area contributed by atoms with Crippen LogP contribution >= 0.6 is 27.5 Å². The fraction of sp³-hybridized carbons (Fsp3) is 0.207. The van der Waals surface area contributed by atoms with Gasteiger partial charge in [0.2, 0.25) is 5.95 Å². The molecule has 8 nitrogen and oxygen atoms in total. The van der Waals surface area contributed by atoms with E-state index in [0.717, 1.165) is 27.9 Å². The number of carbonyl (C=O) groups excluding carboxylic acids is 1. The first-order valence-corrected chi connectivity index (χ1v) is 13.4. The molecular formula is C29H27BrClN5O3. The van der Waals surface area contributed by atoms with Crippen molar-refractivity contribution < 1.29 is 14.3 Å². The smallest absolute Gasteiger partial charge is 0.255 e. The topological polar surface area (TPSA) is 90.3 Å². The van der Waals surface area contributed by atoms with E-state index in [9.17, 15) is 4.79 Å². The molecule has 3 aromatic carbocycles. The van der Waals surface area contributed by atoms with E-state index in [0.29, 0.717) is 38.2 Å². The van der Waals surface area contributed by atoms with Gasteiger partial charge in [-0.25, -0.2) is 4.68 Å². The van der Waals surface area contributed by atoms with Gasteiger partial charge in [0.25, 0.3) is 5.91 Å². The molecular weight excluding hydrogens is 582 g/mol. The van der Waals surface area contributed by atoms with Gasteiger partial charge in [-0.15, -0.1) is 0 Å². The number of aromatic nitrogens is 3. The number of aryl methyl sites for hydroxylation is 2. The number of benzene rings is 3. The molecule has 0 saturated heterocycles. The third-order valence-corrected chi connectivity index (χ3v) is 7.52. The van der Waals surface area contributed by atoms with E-state index in [1.165, 1.54) is 6.33 Å². The number of hydrogen-bond acceptors (Lipinski definition) is 6. The van der Waals surface area contributed by atoms with E-state index in [4.69, 9.17) is 21.1 Å². The second kappa shape index (κ2) is 11.1. The highest BCUT2D eigenvalue weighted by Crippen LogP contribution is 2.43. The number of amides is 1. The number of fused-ring (bicyclic) bond motifs is 1. The Hall–Kier alpha value is -3.82. The number of methoxy groups -OCH3 is 1. The Bertz CT molecular complexity index is 1600. The molecule has 2 N–H and O–H groups in total. The highest BCUT2D eigenvalue weighted by Gasteiger charge is 2.34. The molecule has 1 atom stereocenters. The Morgan fingerprint density at radius 1 is 1.15 bits per heavy atom. The summed E-state index contributed by atoms with van der Waals surface area (Å²) in [6.45, 7) is 6.11. The minimum Gasteiger partial charge on any atom is -0.493 e. The summed E-state index contributed by atoms with van der Waals surface area (Å²) in [7, 11) is 1.58. The van der Waals surface area contributed by atoms with Gasteiger partial charge in [0, 0.05) is 22.0 Å². The van der Waals surface area contributed by atoms with Crippen LogP contribution in [0.15, 0.2) is 76.7 Å². The van der Waals surface area contributed by atoms with Gasteiger partial charge in [0.15, 0.2) is 11.5 Å².